The average molecular weight is 217 g/mol. The third kappa shape index (κ3) is 11.5. The largest absolute Gasteiger partial charge is 0.379 e. The molecule has 0 saturated carbocycles. The second kappa shape index (κ2) is 11.6. The molecule has 0 radical (unpaired) electrons. The smallest absolute Gasteiger partial charge is 0.139 e. The van der Waals surface area contributed by atoms with Crippen LogP contribution in [0.5, 0.6) is 0 Å². The Morgan fingerprint density at radius 3 is 2.53 bits per heavy atom. The summed E-state index contributed by atoms with van der Waals surface area (Å²) in [4.78, 5) is 10.1. The summed E-state index contributed by atoms with van der Waals surface area (Å²) >= 11 is 0. The fraction of sp³-hybridized carbons (Fsp3) is 0.909. The van der Waals surface area contributed by atoms with E-state index in [0.717, 1.165) is 13.0 Å². The first-order valence-electron chi connectivity index (χ1n) is 5.67. The van der Waals surface area contributed by atoms with Crippen LogP contribution in [0.3, 0.4) is 0 Å². The molecule has 0 unspecified atom stereocenters. The Kier molecular flexibility index (Phi) is 11.3. The molecule has 0 aromatic heterocycles. The zero-order valence-electron chi connectivity index (χ0n) is 9.61. The van der Waals surface area contributed by atoms with E-state index in [0.29, 0.717) is 19.5 Å². The van der Waals surface area contributed by atoms with E-state index in [1.807, 2.05) is 0 Å². The van der Waals surface area contributed by atoms with Crippen molar-refractivity contribution in [3.63, 3.8) is 0 Å². The predicted molar refractivity (Wildman–Crippen MR) is 59.8 cm³/mol. The number of aldehydes is 1. The third-order valence-electron chi connectivity index (χ3n) is 2.00. The Hall–Kier alpha value is -0.450. The maximum Gasteiger partial charge on any atom is 0.139 e. The number of ether oxygens (including phenoxy) is 2. The Morgan fingerprint density at radius 1 is 1.13 bits per heavy atom. The highest BCUT2D eigenvalue weighted by molar-refractivity contribution is 5.56. The second-order valence-corrected chi connectivity index (χ2v) is 3.55. The first-order valence-corrected chi connectivity index (χ1v) is 5.67. The molecule has 0 spiro atoms. The summed E-state index contributed by atoms with van der Waals surface area (Å²) < 4.78 is 10.5. The molecule has 0 rings (SSSR count). The molecular weight excluding hydrogens is 194 g/mol. The van der Waals surface area contributed by atoms with E-state index in [9.17, 15) is 4.79 Å². The Morgan fingerprint density at radius 2 is 1.87 bits per heavy atom. The standard InChI is InChI=1S/C11H23NO3/c1-2-3-4-5-6-14-7-8-15-10-11(12)9-13/h9,11H,2-8,10,12H2,1H3/t11-/m1/s1. The molecule has 0 aromatic carbocycles. The van der Waals surface area contributed by atoms with Gasteiger partial charge in [-0.3, -0.25) is 0 Å². The van der Waals surface area contributed by atoms with Crippen molar-refractivity contribution in [1.82, 2.24) is 0 Å². The molecule has 15 heavy (non-hydrogen) atoms. The molecule has 90 valence electrons. The first kappa shape index (κ1) is 14.6. The van der Waals surface area contributed by atoms with Crippen molar-refractivity contribution in [2.24, 2.45) is 5.73 Å². The van der Waals surface area contributed by atoms with Crippen LogP contribution < -0.4 is 5.73 Å². The molecular formula is C11H23NO3. The summed E-state index contributed by atoms with van der Waals surface area (Å²) in [5.41, 5.74) is 5.33. The van der Waals surface area contributed by atoms with E-state index >= 15 is 0 Å². The second-order valence-electron chi connectivity index (χ2n) is 3.55. The molecule has 0 fully saturated rings. The number of carbonyl (C=O) groups excluding carboxylic acids is 1. The minimum Gasteiger partial charge on any atom is -0.379 e. The van der Waals surface area contributed by atoms with Crippen LogP contribution in [-0.2, 0) is 14.3 Å². The lowest BCUT2D eigenvalue weighted by atomic mass is 10.2. The molecule has 0 heterocycles. The van der Waals surface area contributed by atoms with E-state index in [4.69, 9.17) is 15.2 Å². The normalized spacial score (nSPS) is 12.7. The zero-order valence-corrected chi connectivity index (χ0v) is 9.61. The fourth-order valence-electron chi connectivity index (χ4n) is 1.11. The predicted octanol–water partition coefficient (Wildman–Crippen LogP) is 1.13. The highest BCUT2D eigenvalue weighted by Gasteiger charge is 1.98. The number of hydrogen-bond donors (Lipinski definition) is 1. The van der Waals surface area contributed by atoms with Crippen LogP contribution in [0, 0.1) is 0 Å². The van der Waals surface area contributed by atoms with Crippen molar-refractivity contribution in [2.45, 2.75) is 38.6 Å². The van der Waals surface area contributed by atoms with Gasteiger partial charge in [0.2, 0.25) is 0 Å². The van der Waals surface area contributed by atoms with Crippen LogP contribution in [0.15, 0.2) is 0 Å². The molecule has 0 aromatic rings. The lowest BCUT2D eigenvalue weighted by Crippen LogP contribution is -2.28. The number of unbranched alkanes of at least 4 members (excludes halogenated alkanes) is 3. The van der Waals surface area contributed by atoms with Crippen LogP contribution in [0.2, 0.25) is 0 Å². The number of carbonyl (C=O) groups is 1. The quantitative estimate of drug-likeness (QED) is 0.416. The monoisotopic (exact) mass is 217 g/mol. The summed E-state index contributed by atoms with van der Waals surface area (Å²) in [6.45, 7) is 4.35. The lowest BCUT2D eigenvalue weighted by molar-refractivity contribution is -0.110. The summed E-state index contributed by atoms with van der Waals surface area (Å²) in [5.74, 6) is 0. The van der Waals surface area contributed by atoms with E-state index in [1.165, 1.54) is 19.3 Å². The van der Waals surface area contributed by atoms with Crippen molar-refractivity contribution < 1.29 is 14.3 Å². The SMILES string of the molecule is CCCCCCOCCOC[C@H](N)C=O. The maximum absolute atomic E-state index is 10.1. The summed E-state index contributed by atoms with van der Waals surface area (Å²) in [6, 6.07) is -0.505. The van der Waals surface area contributed by atoms with E-state index in [1.54, 1.807) is 0 Å². The van der Waals surface area contributed by atoms with Gasteiger partial charge >= 0.3 is 0 Å². The van der Waals surface area contributed by atoms with Crippen LogP contribution in [0.25, 0.3) is 0 Å². The van der Waals surface area contributed by atoms with Crippen molar-refractivity contribution in [1.29, 1.82) is 0 Å². The Labute approximate surface area is 92.1 Å². The Bertz CT molecular complexity index is 142. The molecule has 0 aliphatic heterocycles. The fourth-order valence-corrected chi connectivity index (χ4v) is 1.11. The van der Waals surface area contributed by atoms with Gasteiger partial charge in [-0.2, -0.15) is 0 Å². The van der Waals surface area contributed by atoms with Gasteiger partial charge in [-0.25, -0.2) is 0 Å². The summed E-state index contributed by atoms with van der Waals surface area (Å²) in [6.07, 6.45) is 5.54. The van der Waals surface area contributed by atoms with E-state index < -0.39 is 6.04 Å². The zero-order chi connectivity index (χ0) is 11.4. The van der Waals surface area contributed by atoms with E-state index in [2.05, 4.69) is 6.92 Å². The average Bonchev–Trinajstić information content (AvgIpc) is 2.26. The van der Waals surface area contributed by atoms with Gasteiger partial charge in [0.25, 0.3) is 0 Å². The number of nitrogens with two attached hydrogens (primary N) is 1. The van der Waals surface area contributed by atoms with Crippen molar-refractivity contribution in [2.75, 3.05) is 26.4 Å². The van der Waals surface area contributed by atoms with Gasteiger partial charge in [0, 0.05) is 6.61 Å². The molecule has 0 saturated heterocycles. The van der Waals surface area contributed by atoms with Crippen molar-refractivity contribution in [3.8, 4) is 0 Å². The molecule has 1 atom stereocenters. The molecule has 4 nitrogen and oxygen atoms in total. The van der Waals surface area contributed by atoms with E-state index in [-0.39, 0.29) is 6.61 Å². The number of rotatable bonds is 11. The highest BCUT2D eigenvalue weighted by atomic mass is 16.5. The number of hydrogen-bond acceptors (Lipinski definition) is 4. The Balaban J connectivity index is 2.95. The molecule has 0 bridgehead atoms. The first-order chi connectivity index (χ1) is 7.31. The molecule has 0 aliphatic rings. The lowest BCUT2D eigenvalue weighted by Gasteiger charge is -2.06. The van der Waals surface area contributed by atoms with Gasteiger partial charge in [0.15, 0.2) is 0 Å². The summed E-state index contributed by atoms with van der Waals surface area (Å²) in [5, 5.41) is 0. The van der Waals surface area contributed by atoms with Gasteiger partial charge in [-0.05, 0) is 6.42 Å². The molecule has 0 amide bonds. The van der Waals surface area contributed by atoms with Crippen LogP contribution in [0.4, 0.5) is 0 Å². The van der Waals surface area contributed by atoms with Crippen LogP contribution in [-0.4, -0.2) is 38.8 Å². The maximum atomic E-state index is 10.1. The van der Waals surface area contributed by atoms with Gasteiger partial charge in [0.1, 0.15) is 6.29 Å². The van der Waals surface area contributed by atoms with Gasteiger partial charge < -0.3 is 20.0 Å². The van der Waals surface area contributed by atoms with Crippen LogP contribution in [0.1, 0.15) is 32.6 Å². The van der Waals surface area contributed by atoms with Gasteiger partial charge in [0.05, 0.1) is 25.9 Å². The van der Waals surface area contributed by atoms with Crippen LogP contribution >= 0.6 is 0 Å². The highest BCUT2D eigenvalue weighted by Crippen LogP contribution is 1.98. The van der Waals surface area contributed by atoms with Gasteiger partial charge in [-0.1, -0.05) is 26.2 Å². The third-order valence-corrected chi connectivity index (χ3v) is 2.00. The summed E-state index contributed by atoms with van der Waals surface area (Å²) in [7, 11) is 0. The van der Waals surface area contributed by atoms with Crippen molar-refractivity contribution >= 4 is 6.29 Å². The van der Waals surface area contributed by atoms with Crippen molar-refractivity contribution in [3.05, 3.63) is 0 Å². The molecule has 2 N–H and O–H groups in total. The van der Waals surface area contributed by atoms with Gasteiger partial charge in [-0.15, -0.1) is 0 Å². The minimum absolute atomic E-state index is 0.280. The topological polar surface area (TPSA) is 61.6 Å². The molecule has 4 heteroatoms. The molecule has 0 aliphatic carbocycles. The minimum atomic E-state index is -0.505.